The third-order valence-electron chi connectivity index (χ3n) is 3.86. The number of fused-ring (bicyclic) bond motifs is 1. The molecule has 6 heteroatoms. The molecule has 0 saturated carbocycles. The Morgan fingerprint density at radius 3 is 2.44 bits per heavy atom. The zero-order valence-electron chi connectivity index (χ0n) is 13.5. The SMILES string of the molecule is CCOC(=O)c1ccc2[nH]c(Cc3ccc(C(F)(F)F)cc3)cc2c1. The molecule has 1 N–H and O–H groups in total. The van der Waals surface area contributed by atoms with Gasteiger partial charge >= 0.3 is 12.1 Å². The molecule has 0 amide bonds. The van der Waals surface area contributed by atoms with Crippen molar-refractivity contribution >= 4 is 16.9 Å². The highest BCUT2D eigenvalue weighted by Crippen LogP contribution is 2.29. The van der Waals surface area contributed by atoms with Crippen LogP contribution in [0, 0.1) is 0 Å². The molecule has 0 aliphatic rings. The van der Waals surface area contributed by atoms with Gasteiger partial charge in [0.25, 0.3) is 0 Å². The summed E-state index contributed by atoms with van der Waals surface area (Å²) < 4.78 is 42.8. The van der Waals surface area contributed by atoms with Gasteiger partial charge < -0.3 is 9.72 Å². The summed E-state index contributed by atoms with van der Waals surface area (Å²) in [4.78, 5) is 15.0. The van der Waals surface area contributed by atoms with Crippen molar-refractivity contribution in [3.05, 3.63) is 70.9 Å². The van der Waals surface area contributed by atoms with E-state index in [1.165, 1.54) is 12.1 Å². The molecule has 3 rings (SSSR count). The van der Waals surface area contributed by atoms with Crippen LogP contribution in [0.3, 0.4) is 0 Å². The lowest BCUT2D eigenvalue weighted by atomic mass is 10.1. The fourth-order valence-electron chi connectivity index (χ4n) is 2.66. The highest BCUT2D eigenvalue weighted by Gasteiger charge is 2.29. The molecule has 0 fully saturated rings. The van der Waals surface area contributed by atoms with Crippen molar-refractivity contribution in [2.45, 2.75) is 19.5 Å². The van der Waals surface area contributed by atoms with Crippen molar-refractivity contribution in [3.8, 4) is 0 Å². The number of halogens is 3. The molecule has 0 saturated heterocycles. The van der Waals surface area contributed by atoms with E-state index in [1.54, 1.807) is 25.1 Å². The number of aromatic amines is 1. The van der Waals surface area contributed by atoms with Crippen LogP contribution in [0.2, 0.25) is 0 Å². The molecule has 3 nitrogen and oxygen atoms in total. The van der Waals surface area contributed by atoms with Crippen molar-refractivity contribution in [3.63, 3.8) is 0 Å². The Labute approximate surface area is 142 Å². The summed E-state index contributed by atoms with van der Waals surface area (Å²) >= 11 is 0. The Morgan fingerprint density at radius 1 is 1.08 bits per heavy atom. The summed E-state index contributed by atoms with van der Waals surface area (Å²) in [5.41, 5.74) is 2.29. The number of H-pyrrole nitrogens is 1. The lowest BCUT2D eigenvalue weighted by Crippen LogP contribution is -2.04. The van der Waals surface area contributed by atoms with Crippen LogP contribution < -0.4 is 0 Å². The van der Waals surface area contributed by atoms with E-state index in [0.29, 0.717) is 18.6 Å². The average molecular weight is 347 g/mol. The fraction of sp³-hybridized carbons (Fsp3) is 0.211. The second-order valence-electron chi connectivity index (χ2n) is 5.69. The number of carbonyl (C=O) groups excluding carboxylic acids is 1. The molecule has 130 valence electrons. The van der Waals surface area contributed by atoms with Crippen molar-refractivity contribution < 1.29 is 22.7 Å². The van der Waals surface area contributed by atoms with Gasteiger partial charge in [-0.2, -0.15) is 13.2 Å². The smallest absolute Gasteiger partial charge is 0.416 e. The standard InChI is InChI=1S/C19H16F3NO2/c1-2-25-18(24)13-5-8-17-14(10-13)11-16(23-17)9-12-3-6-15(7-4-12)19(20,21)22/h3-8,10-11,23H,2,9H2,1H3. The van der Waals surface area contributed by atoms with Gasteiger partial charge in [-0.3, -0.25) is 0 Å². The van der Waals surface area contributed by atoms with Crippen molar-refractivity contribution in [2.75, 3.05) is 6.61 Å². The van der Waals surface area contributed by atoms with E-state index in [4.69, 9.17) is 4.74 Å². The number of rotatable bonds is 4. The normalized spacial score (nSPS) is 11.7. The maximum Gasteiger partial charge on any atom is 0.416 e. The molecule has 0 unspecified atom stereocenters. The van der Waals surface area contributed by atoms with Crippen molar-refractivity contribution in [1.82, 2.24) is 4.98 Å². The Bertz CT molecular complexity index is 895. The van der Waals surface area contributed by atoms with Crippen LogP contribution in [0.5, 0.6) is 0 Å². The quantitative estimate of drug-likeness (QED) is 0.678. The maximum atomic E-state index is 12.6. The molecule has 0 radical (unpaired) electrons. The topological polar surface area (TPSA) is 42.1 Å². The third kappa shape index (κ3) is 3.84. The number of hydrogen-bond donors (Lipinski definition) is 1. The minimum absolute atomic E-state index is 0.309. The number of carbonyl (C=O) groups is 1. The summed E-state index contributed by atoms with van der Waals surface area (Å²) in [6.07, 6.45) is -3.86. The summed E-state index contributed by atoms with van der Waals surface area (Å²) in [5.74, 6) is -0.380. The Balaban J connectivity index is 1.81. The van der Waals surface area contributed by atoms with Gasteiger partial charge in [0.05, 0.1) is 17.7 Å². The van der Waals surface area contributed by atoms with E-state index in [2.05, 4.69) is 4.98 Å². The molecule has 1 aromatic heterocycles. The molecule has 0 aliphatic carbocycles. The number of hydrogen-bond acceptors (Lipinski definition) is 2. The van der Waals surface area contributed by atoms with Crippen LogP contribution in [0.15, 0.2) is 48.5 Å². The Hall–Kier alpha value is -2.76. The molecule has 25 heavy (non-hydrogen) atoms. The molecule has 1 heterocycles. The lowest BCUT2D eigenvalue weighted by molar-refractivity contribution is -0.137. The monoisotopic (exact) mass is 347 g/mol. The average Bonchev–Trinajstić information content (AvgIpc) is 2.96. The van der Waals surface area contributed by atoms with E-state index in [1.807, 2.05) is 6.07 Å². The number of alkyl halides is 3. The molecule has 0 atom stereocenters. The van der Waals surface area contributed by atoms with E-state index in [0.717, 1.165) is 34.3 Å². The number of aromatic nitrogens is 1. The van der Waals surface area contributed by atoms with Gasteiger partial charge in [-0.25, -0.2) is 4.79 Å². The lowest BCUT2D eigenvalue weighted by Gasteiger charge is -2.07. The van der Waals surface area contributed by atoms with Crippen LogP contribution in [-0.2, 0) is 17.3 Å². The molecule has 3 aromatic rings. The number of ether oxygens (including phenoxy) is 1. The van der Waals surface area contributed by atoms with Gasteiger partial charge in [-0.05, 0) is 48.9 Å². The van der Waals surface area contributed by atoms with Crippen LogP contribution in [0.4, 0.5) is 13.2 Å². The van der Waals surface area contributed by atoms with Crippen LogP contribution in [0.1, 0.15) is 34.1 Å². The molecule has 0 spiro atoms. The molecular weight excluding hydrogens is 331 g/mol. The highest BCUT2D eigenvalue weighted by molar-refractivity contribution is 5.94. The number of esters is 1. The molecule has 2 aromatic carbocycles. The molecular formula is C19H16F3NO2. The minimum Gasteiger partial charge on any atom is -0.462 e. The molecule has 0 aliphatic heterocycles. The summed E-state index contributed by atoms with van der Waals surface area (Å²) in [5, 5.41) is 0.854. The van der Waals surface area contributed by atoms with E-state index in [9.17, 15) is 18.0 Å². The largest absolute Gasteiger partial charge is 0.462 e. The third-order valence-corrected chi connectivity index (χ3v) is 3.86. The maximum absolute atomic E-state index is 12.6. The summed E-state index contributed by atoms with van der Waals surface area (Å²) in [6, 6.07) is 12.2. The van der Waals surface area contributed by atoms with Gasteiger partial charge in [0.1, 0.15) is 0 Å². The number of nitrogens with one attached hydrogen (secondary N) is 1. The zero-order chi connectivity index (χ0) is 18.0. The van der Waals surface area contributed by atoms with Gasteiger partial charge in [-0.1, -0.05) is 12.1 Å². The van der Waals surface area contributed by atoms with Crippen molar-refractivity contribution in [1.29, 1.82) is 0 Å². The van der Waals surface area contributed by atoms with Gasteiger partial charge in [0.15, 0.2) is 0 Å². The van der Waals surface area contributed by atoms with Crippen LogP contribution >= 0.6 is 0 Å². The summed E-state index contributed by atoms with van der Waals surface area (Å²) in [6.45, 7) is 2.05. The van der Waals surface area contributed by atoms with Crippen molar-refractivity contribution in [2.24, 2.45) is 0 Å². The highest BCUT2D eigenvalue weighted by atomic mass is 19.4. The first-order valence-electron chi connectivity index (χ1n) is 7.81. The fourth-order valence-corrected chi connectivity index (χ4v) is 2.66. The second kappa shape index (κ2) is 6.63. The number of benzene rings is 2. The first-order chi connectivity index (χ1) is 11.9. The van der Waals surface area contributed by atoms with Crippen LogP contribution in [0.25, 0.3) is 10.9 Å². The Kier molecular flexibility index (Phi) is 4.53. The van der Waals surface area contributed by atoms with Crippen LogP contribution in [-0.4, -0.2) is 17.6 Å². The molecule has 0 bridgehead atoms. The Morgan fingerprint density at radius 2 is 1.80 bits per heavy atom. The van der Waals surface area contributed by atoms with Gasteiger partial charge in [-0.15, -0.1) is 0 Å². The second-order valence-corrected chi connectivity index (χ2v) is 5.69. The minimum atomic E-state index is -4.33. The predicted molar refractivity (Wildman–Crippen MR) is 88.5 cm³/mol. The van der Waals surface area contributed by atoms with E-state index in [-0.39, 0.29) is 5.97 Å². The van der Waals surface area contributed by atoms with E-state index < -0.39 is 11.7 Å². The predicted octanol–water partition coefficient (Wildman–Crippen LogP) is 4.95. The first kappa shape index (κ1) is 17.1. The van der Waals surface area contributed by atoms with Gasteiger partial charge in [0.2, 0.25) is 0 Å². The summed E-state index contributed by atoms with van der Waals surface area (Å²) in [7, 11) is 0. The van der Waals surface area contributed by atoms with E-state index >= 15 is 0 Å². The van der Waals surface area contributed by atoms with Gasteiger partial charge in [0, 0.05) is 23.0 Å². The zero-order valence-corrected chi connectivity index (χ0v) is 13.5. The first-order valence-corrected chi connectivity index (χ1v) is 7.81.